The molecule has 22 heavy (non-hydrogen) atoms. The number of dihydropyridines is 1. The molecule has 0 saturated carbocycles. The molecule has 1 aliphatic heterocycles. The molecule has 0 spiro atoms. The van der Waals surface area contributed by atoms with Gasteiger partial charge in [-0.2, -0.15) is 0 Å². The van der Waals surface area contributed by atoms with E-state index in [1.54, 1.807) is 0 Å². The lowest BCUT2D eigenvalue weighted by Crippen LogP contribution is -2.33. The van der Waals surface area contributed by atoms with Gasteiger partial charge in [0, 0.05) is 11.8 Å². The van der Waals surface area contributed by atoms with Crippen molar-refractivity contribution in [2.24, 2.45) is 16.5 Å². The zero-order chi connectivity index (χ0) is 15.4. The first kappa shape index (κ1) is 13.9. The van der Waals surface area contributed by atoms with Crippen LogP contribution in [-0.2, 0) is 0 Å². The van der Waals surface area contributed by atoms with Gasteiger partial charge in [0.25, 0.3) is 0 Å². The summed E-state index contributed by atoms with van der Waals surface area (Å²) in [7, 11) is 0. The predicted octanol–water partition coefficient (Wildman–Crippen LogP) is 2.31. The number of nitrogens with two attached hydrogens (primary N) is 2. The molecule has 0 aliphatic carbocycles. The molecule has 4 nitrogen and oxygen atoms in total. The van der Waals surface area contributed by atoms with Crippen molar-refractivity contribution >= 4 is 17.1 Å². The molecular formula is C18H18N4. The number of rotatable bonds is 3. The minimum Gasteiger partial charge on any atom is -0.370 e. The Morgan fingerprint density at radius 3 is 2.05 bits per heavy atom. The van der Waals surface area contributed by atoms with Crippen molar-refractivity contribution in [1.29, 1.82) is 0 Å². The van der Waals surface area contributed by atoms with Crippen LogP contribution in [0, 0.1) is 0 Å². The maximum Gasteiger partial charge on any atom is 0.188 e. The SMILES string of the molecule is NC(N)=NC1NC=C(c2ccccc2)C=C1c1ccccc1. The zero-order valence-electron chi connectivity index (χ0n) is 12.1. The van der Waals surface area contributed by atoms with Crippen LogP contribution in [0.3, 0.4) is 0 Å². The molecule has 0 radical (unpaired) electrons. The standard InChI is InChI=1S/C18H18N4/c19-18(20)22-17-16(14-9-5-2-6-10-14)11-15(12-21-17)13-7-3-1-4-8-13/h1-12,17,21H,(H4,19,20,22). The summed E-state index contributed by atoms with van der Waals surface area (Å²) in [5.74, 6) is 0.0656. The Balaban J connectivity index is 2.03. The van der Waals surface area contributed by atoms with E-state index in [4.69, 9.17) is 11.5 Å². The average molecular weight is 290 g/mol. The molecule has 1 atom stereocenters. The van der Waals surface area contributed by atoms with Gasteiger partial charge in [-0.1, -0.05) is 60.7 Å². The van der Waals surface area contributed by atoms with Gasteiger partial charge in [-0.25, -0.2) is 4.99 Å². The van der Waals surface area contributed by atoms with Crippen LogP contribution in [0.15, 0.2) is 77.9 Å². The second-order valence-corrected chi connectivity index (χ2v) is 5.05. The summed E-state index contributed by atoms with van der Waals surface area (Å²) < 4.78 is 0. The first-order valence-corrected chi connectivity index (χ1v) is 7.11. The number of benzene rings is 2. The van der Waals surface area contributed by atoms with Gasteiger partial charge in [0.2, 0.25) is 0 Å². The minimum atomic E-state index is -0.278. The summed E-state index contributed by atoms with van der Waals surface area (Å²) in [5, 5.41) is 3.27. The maximum absolute atomic E-state index is 5.55. The topological polar surface area (TPSA) is 76.4 Å². The number of hydrogen-bond acceptors (Lipinski definition) is 2. The van der Waals surface area contributed by atoms with Crippen LogP contribution < -0.4 is 16.8 Å². The molecule has 1 heterocycles. The van der Waals surface area contributed by atoms with E-state index in [9.17, 15) is 0 Å². The molecule has 0 saturated heterocycles. The van der Waals surface area contributed by atoms with E-state index < -0.39 is 0 Å². The fraction of sp³-hybridized carbons (Fsp3) is 0.0556. The summed E-state index contributed by atoms with van der Waals surface area (Å²) in [4.78, 5) is 4.27. The number of nitrogens with zero attached hydrogens (tertiary/aromatic N) is 1. The van der Waals surface area contributed by atoms with Gasteiger partial charge in [0.1, 0.15) is 6.17 Å². The summed E-state index contributed by atoms with van der Waals surface area (Å²) in [6, 6.07) is 20.3. The molecule has 5 N–H and O–H groups in total. The summed E-state index contributed by atoms with van der Waals surface area (Å²) in [6.07, 6.45) is 3.79. The van der Waals surface area contributed by atoms with E-state index in [-0.39, 0.29) is 12.1 Å². The Morgan fingerprint density at radius 2 is 1.45 bits per heavy atom. The predicted molar refractivity (Wildman–Crippen MR) is 91.6 cm³/mol. The van der Waals surface area contributed by atoms with E-state index in [0.717, 1.165) is 22.3 Å². The second kappa shape index (κ2) is 6.18. The second-order valence-electron chi connectivity index (χ2n) is 5.05. The highest BCUT2D eigenvalue weighted by atomic mass is 15.1. The van der Waals surface area contributed by atoms with Gasteiger partial charge in [0.05, 0.1) is 0 Å². The lowest BCUT2D eigenvalue weighted by atomic mass is 9.95. The van der Waals surface area contributed by atoms with Gasteiger partial charge in [0.15, 0.2) is 5.96 Å². The lowest BCUT2D eigenvalue weighted by Gasteiger charge is -2.23. The molecule has 1 aliphatic rings. The van der Waals surface area contributed by atoms with E-state index in [0.29, 0.717) is 0 Å². The van der Waals surface area contributed by atoms with E-state index in [1.165, 1.54) is 0 Å². The first-order chi connectivity index (χ1) is 10.7. The van der Waals surface area contributed by atoms with Gasteiger partial charge in [-0.05, 0) is 22.8 Å². The number of hydrogen-bond donors (Lipinski definition) is 3. The molecule has 0 bridgehead atoms. The van der Waals surface area contributed by atoms with Crippen LogP contribution in [-0.4, -0.2) is 12.1 Å². The van der Waals surface area contributed by atoms with Crippen LogP contribution in [0.2, 0.25) is 0 Å². The Kier molecular flexibility index (Phi) is 3.92. The van der Waals surface area contributed by atoms with Gasteiger partial charge < -0.3 is 16.8 Å². The zero-order valence-corrected chi connectivity index (χ0v) is 12.1. The summed E-state index contributed by atoms with van der Waals surface area (Å²) in [5.41, 5.74) is 15.5. The maximum atomic E-state index is 5.55. The molecule has 0 amide bonds. The molecule has 0 fully saturated rings. The van der Waals surface area contributed by atoms with Crippen molar-refractivity contribution in [3.63, 3.8) is 0 Å². The van der Waals surface area contributed by atoms with Crippen LogP contribution >= 0.6 is 0 Å². The van der Waals surface area contributed by atoms with E-state index in [2.05, 4.69) is 40.7 Å². The number of allylic oxidation sites excluding steroid dienone is 2. The average Bonchev–Trinajstić information content (AvgIpc) is 2.56. The molecule has 3 rings (SSSR count). The number of guanidine groups is 1. The minimum absolute atomic E-state index is 0.0656. The quantitative estimate of drug-likeness (QED) is 0.600. The smallest absolute Gasteiger partial charge is 0.188 e. The van der Waals surface area contributed by atoms with Crippen LogP contribution in [0.25, 0.3) is 11.1 Å². The monoisotopic (exact) mass is 290 g/mol. The molecule has 0 aromatic heterocycles. The van der Waals surface area contributed by atoms with Crippen molar-refractivity contribution in [2.45, 2.75) is 6.17 Å². The third kappa shape index (κ3) is 3.01. The Morgan fingerprint density at radius 1 is 0.864 bits per heavy atom. The molecule has 2 aromatic carbocycles. The van der Waals surface area contributed by atoms with Crippen molar-refractivity contribution in [2.75, 3.05) is 0 Å². The Labute approximate surface area is 129 Å². The van der Waals surface area contributed by atoms with Crippen molar-refractivity contribution in [3.05, 3.63) is 84.1 Å². The molecule has 110 valence electrons. The molecular weight excluding hydrogens is 272 g/mol. The van der Waals surface area contributed by atoms with Crippen LogP contribution in [0.4, 0.5) is 0 Å². The van der Waals surface area contributed by atoms with Crippen molar-refractivity contribution in [3.8, 4) is 0 Å². The number of aliphatic imine (C=N–C) groups is 1. The Hall–Kier alpha value is -3.01. The van der Waals surface area contributed by atoms with Crippen molar-refractivity contribution in [1.82, 2.24) is 5.32 Å². The largest absolute Gasteiger partial charge is 0.370 e. The van der Waals surface area contributed by atoms with E-state index in [1.807, 2.05) is 42.6 Å². The van der Waals surface area contributed by atoms with Gasteiger partial charge >= 0.3 is 0 Å². The highest BCUT2D eigenvalue weighted by Gasteiger charge is 2.19. The normalized spacial score (nSPS) is 17.0. The highest BCUT2D eigenvalue weighted by molar-refractivity contribution is 5.88. The lowest BCUT2D eigenvalue weighted by molar-refractivity contribution is 0.747. The molecule has 2 aromatic rings. The molecule has 4 heteroatoms. The third-order valence-corrected chi connectivity index (χ3v) is 3.49. The Bertz CT molecular complexity index is 726. The number of nitrogens with one attached hydrogen (secondary N) is 1. The first-order valence-electron chi connectivity index (χ1n) is 7.11. The van der Waals surface area contributed by atoms with E-state index >= 15 is 0 Å². The fourth-order valence-electron chi connectivity index (χ4n) is 2.47. The van der Waals surface area contributed by atoms with Gasteiger partial charge in [-0.3, -0.25) is 0 Å². The third-order valence-electron chi connectivity index (χ3n) is 3.49. The highest BCUT2D eigenvalue weighted by Crippen LogP contribution is 2.28. The molecule has 1 unspecified atom stereocenters. The van der Waals surface area contributed by atoms with Gasteiger partial charge in [-0.15, -0.1) is 0 Å². The van der Waals surface area contributed by atoms with Crippen LogP contribution in [0.5, 0.6) is 0 Å². The van der Waals surface area contributed by atoms with Crippen LogP contribution in [0.1, 0.15) is 11.1 Å². The summed E-state index contributed by atoms with van der Waals surface area (Å²) >= 11 is 0. The summed E-state index contributed by atoms with van der Waals surface area (Å²) in [6.45, 7) is 0. The fourth-order valence-corrected chi connectivity index (χ4v) is 2.47. The van der Waals surface area contributed by atoms with Crippen molar-refractivity contribution < 1.29 is 0 Å².